The second kappa shape index (κ2) is 10.6. The molecular weight excluding hydrogens is 450 g/mol. The summed E-state index contributed by atoms with van der Waals surface area (Å²) in [7, 11) is 0. The van der Waals surface area contributed by atoms with Crippen LogP contribution in [0.3, 0.4) is 0 Å². The molecule has 32 heavy (non-hydrogen) atoms. The van der Waals surface area contributed by atoms with Crippen molar-refractivity contribution in [1.82, 2.24) is 30.1 Å². The third-order valence-electron chi connectivity index (χ3n) is 5.46. The number of carbonyl (C=O) groups excluding carboxylic acids is 2. The summed E-state index contributed by atoms with van der Waals surface area (Å²) in [6.45, 7) is 7.06. The van der Waals surface area contributed by atoms with Crippen molar-refractivity contribution >= 4 is 42.5 Å². The molecule has 2 aliphatic heterocycles. The maximum atomic E-state index is 12.5. The fourth-order valence-electron chi connectivity index (χ4n) is 3.79. The Hall–Kier alpha value is -2.28. The number of thiazole rings is 1. The predicted octanol–water partition coefficient (Wildman–Crippen LogP) is 0.146. The van der Waals surface area contributed by atoms with Crippen LogP contribution in [-0.4, -0.2) is 86.5 Å². The zero-order valence-electron chi connectivity index (χ0n) is 18.2. The molecule has 1 fully saturated rings. The third-order valence-corrected chi connectivity index (χ3v) is 6.46. The lowest BCUT2D eigenvalue weighted by molar-refractivity contribution is -0.132. The molecule has 2 aromatic rings. The van der Waals surface area contributed by atoms with E-state index in [9.17, 15) is 14.7 Å². The van der Waals surface area contributed by atoms with E-state index in [1.807, 2.05) is 6.92 Å². The minimum Gasteiger partial charge on any atom is -0.390 e. The minimum absolute atomic E-state index is 0. The number of likely N-dealkylation sites (tertiary alicyclic amines) is 1. The van der Waals surface area contributed by atoms with Gasteiger partial charge in [-0.1, -0.05) is 0 Å². The molecule has 0 bridgehead atoms. The first-order valence-corrected chi connectivity index (χ1v) is 11.2. The van der Waals surface area contributed by atoms with Gasteiger partial charge in [0.1, 0.15) is 17.8 Å². The van der Waals surface area contributed by atoms with E-state index in [2.05, 4.69) is 30.5 Å². The zero-order chi connectivity index (χ0) is 22.0. The Morgan fingerprint density at radius 2 is 2.12 bits per heavy atom. The van der Waals surface area contributed by atoms with Crippen LogP contribution >= 0.6 is 24.8 Å². The van der Waals surface area contributed by atoms with Crippen LogP contribution in [0.4, 0.5) is 5.82 Å². The first-order chi connectivity index (χ1) is 14.9. The van der Waals surface area contributed by atoms with Gasteiger partial charge in [0.05, 0.1) is 22.8 Å². The Morgan fingerprint density at radius 3 is 2.88 bits per heavy atom. The van der Waals surface area contributed by atoms with E-state index in [-0.39, 0.29) is 43.6 Å². The molecule has 0 radical (unpaired) electrons. The van der Waals surface area contributed by atoms with Gasteiger partial charge in [0.25, 0.3) is 5.91 Å². The van der Waals surface area contributed by atoms with Crippen LogP contribution in [-0.2, 0) is 17.8 Å². The monoisotopic (exact) mass is 479 g/mol. The fourth-order valence-corrected chi connectivity index (χ4v) is 4.82. The van der Waals surface area contributed by atoms with Crippen LogP contribution in [0, 0.1) is 6.92 Å². The summed E-state index contributed by atoms with van der Waals surface area (Å²) in [5.41, 5.74) is 1.40. The van der Waals surface area contributed by atoms with Crippen LogP contribution < -0.4 is 10.6 Å². The quantitative estimate of drug-likeness (QED) is 0.513. The molecule has 2 aliphatic rings. The molecule has 1 saturated heterocycles. The van der Waals surface area contributed by atoms with E-state index in [4.69, 9.17) is 0 Å². The third kappa shape index (κ3) is 5.94. The largest absolute Gasteiger partial charge is 0.390 e. The standard InChI is InChI=1S/C20H27N7O3S.H2S/c1-12-24-16-3-4-26(10-18(16)31-12)9-15(29)6-21-20(30)17-5-19(23-11-22-17)25-14-7-27(8-14)13(2)28;/h5,11,14-15,29H,3-4,6-10H2,1-2H3,(H,21,30)(H,22,23,25);1H2/t15-;/m0./s1. The number of amides is 2. The van der Waals surface area contributed by atoms with Crippen molar-refractivity contribution in [2.45, 2.75) is 39.0 Å². The molecule has 2 aromatic heterocycles. The molecule has 10 nitrogen and oxygen atoms in total. The van der Waals surface area contributed by atoms with Gasteiger partial charge in [-0.3, -0.25) is 14.5 Å². The van der Waals surface area contributed by atoms with Crippen molar-refractivity contribution in [2.24, 2.45) is 0 Å². The van der Waals surface area contributed by atoms with Crippen LogP contribution in [0.2, 0.25) is 0 Å². The van der Waals surface area contributed by atoms with Crippen LogP contribution in [0.5, 0.6) is 0 Å². The van der Waals surface area contributed by atoms with E-state index in [0.29, 0.717) is 25.5 Å². The van der Waals surface area contributed by atoms with Crippen molar-refractivity contribution in [3.8, 4) is 0 Å². The predicted molar refractivity (Wildman–Crippen MR) is 126 cm³/mol. The summed E-state index contributed by atoms with van der Waals surface area (Å²) in [5.74, 6) is 0.229. The number of hydrogen-bond donors (Lipinski definition) is 3. The number of nitrogens with one attached hydrogen (secondary N) is 2. The Kier molecular flexibility index (Phi) is 8.04. The SMILES string of the molecule is CC(=O)N1CC(Nc2cc(C(=O)NC[C@H](O)CN3CCc4nc(C)sc4C3)ncn2)C1.S. The first-order valence-electron chi connectivity index (χ1n) is 10.3. The molecule has 2 amide bonds. The molecule has 0 spiro atoms. The molecular formula is C20H29N7O3S2. The second-order valence-electron chi connectivity index (χ2n) is 8.01. The lowest BCUT2D eigenvalue weighted by Gasteiger charge is -2.39. The molecule has 12 heteroatoms. The van der Waals surface area contributed by atoms with E-state index in [0.717, 1.165) is 24.5 Å². The lowest BCUT2D eigenvalue weighted by atomic mass is 10.1. The molecule has 3 N–H and O–H groups in total. The number of nitrogens with zero attached hydrogens (tertiary/aromatic N) is 5. The zero-order valence-corrected chi connectivity index (χ0v) is 20.0. The number of aromatic nitrogens is 3. The van der Waals surface area contributed by atoms with Crippen molar-refractivity contribution in [1.29, 1.82) is 0 Å². The van der Waals surface area contributed by atoms with E-state index in [1.54, 1.807) is 29.2 Å². The van der Waals surface area contributed by atoms with Gasteiger partial charge in [0.15, 0.2) is 0 Å². The van der Waals surface area contributed by atoms with Gasteiger partial charge in [-0.05, 0) is 6.92 Å². The average Bonchev–Trinajstić information content (AvgIpc) is 3.07. The number of β-amino-alcohol motifs (C(OH)–C–C–N with tert-alkyl or cyclic N) is 1. The molecule has 174 valence electrons. The maximum Gasteiger partial charge on any atom is 0.270 e. The van der Waals surface area contributed by atoms with E-state index in [1.165, 1.54) is 16.9 Å². The van der Waals surface area contributed by atoms with Crippen LogP contribution in [0.25, 0.3) is 0 Å². The highest BCUT2D eigenvalue weighted by Gasteiger charge is 2.28. The summed E-state index contributed by atoms with van der Waals surface area (Å²) in [6, 6.07) is 1.69. The normalized spacial score (nSPS) is 17.0. The highest BCUT2D eigenvalue weighted by Crippen LogP contribution is 2.24. The number of aliphatic hydroxyl groups excluding tert-OH is 1. The van der Waals surface area contributed by atoms with Crippen molar-refractivity contribution < 1.29 is 14.7 Å². The summed E-state index contributed by atoms with van der Waals surface area (Å²) in [4.78, 5) is 41.6. The number of carbonyl (C=O) groups is 2. The number of aliphatic hydroxyl groups is 1. The molecule has 0 saturated carbocycles. The summed E-state index contributed by atoms with van der Waals surface area (Å²) in [6.07, 6.45) is 1.55. The minimum atomic E-state index is -0.675. The molecule has 1 atom stereocenters. The highest BCUT2D eigenvalue weighted by molar-refractivity contribution is 7.59. The fraction of sp³-hybridized carbons (Fsp3) is 0.550. The van der Waals surface area contributed by atoms with Crippen molar-refractivity contribution in [3.63, 3.8) is 0 Å². The van der Waals surface area contributed by atoms with Crippen LogP contribution in [0.1, 0.15) is 33.0 Å². The Bertz CT molecular complexity index is 964. The number of fused-ring (bicyclic) bond motifs is 1. The molecule has 4 heterocycles. The topological polar surface area (TPSA) is 124 Å². The Morgan fingerprint density at radius 1 is 1.34 bits per heavy atom. The van der Waals surface area contributed by atoms with Gasteiger partial charge >= 0.3 is 0 Å². The molecule has 0 aromatic carbocycles. The lowest BCUT2D eigenvalue weighted by Crippen LogP contribution is -2.56. The number of hydrogen-bond acceptors (Lipinski definition) is 9. The summed E-state index contributed by atoms with van der Waals surface area (Å²) >= 11 is 1.71. The number of rotatable bonds is 7. The highest BCUT2D eigenvalue weighted by atomic mass is 32.1. The van der Waals surface area contributed by atoms with Crippen molar-refractivity contribution in [3.05, 3.63) is 33.7 Å². The number of aryl methyl sites for hydroxylation is 1. The Balaban J connectivity index is 0.00000289. The van der Waals surface area contributed by atoms with Gasteiger partial charge in [0.2, 0.25) is 5.91 Å². The average molecular weight is 480 g/mol. The maximum absolute atomic E-state index is 12.5. The van der Waals surface area contributed by atoms with Gasteiger partial charge in [-0.15, -0.1) is 11.3 Å². The van der Waals surface area contributed by atoms with Gasteiger partial charge in [-0.2, -0.15) is 13.5 Å². The smallest absolute Gasteiger partial charge is 0.270 e. The van der Waals surface area contributed by atoms with E-state index >= 15 is 0 Å². The van der Waals surface area contributed by atoms with Gasteiger partial charge < -0.3 is 20.6 Å². The number of anilines is 1. The van der Waals surface area contributed by atoms with Gasteiger partial charge in [-0.25, -0.2) is 15.0 Å². The Labute approximate surface area is 197 Å². The van der Waals surface area contributed by atoms with Crippen LogP contribution in [0.15, 0.2) is 12.4 Å². The molecule has 0 unspecified atom stereocenters. The van der Waals surface area contributed by atoms with E-state index < -0.39 is 6.10 Å². The van der Waals surface area contributed by atoms with Crippen molar-refractivity contribution in [2.75, 3.05) is 38.0 Å². The van der Waals surface area contributed by atoms with Gasteiger partial charge in [0, 0.05) is 63.6 Å². The second-order valence-corrected chi connectivity index (χ2v) is 9.29. The summed E-state index contributed by atoms with van der Waals surface area (Å²) in [5, 5.41) is 17.4. The summed E-state index contributed by atoms with van der Waals surface area (Å²) < 4.78 is 0. The molecule has 0 aliphatic carbocycles. The molecule has 4 rings (SSSR count). The first kappa shape index (κ1) is 24.4.